The largest absolute Gasteiger partial charge is 0.496 e. The summed E-state index contributed by atoms with van der Waals surface area (Å²) >= 11 is 0. The first kappa shape index (κ1) is 20.9. The number of pyridine rings is 2. The summed E-state index contributed by atoms with van der Waals surface area (Å²) in [6.07, 6.45) is 5.01. The first-order chi connectivity index (χ1) is 13.7. The molecule has 28 heavy (non-hydrogen) atoms. The summed E-state index contributed by atoms with van der Waals surface area (Å²) in [5, 5.41) is 0. The highest BCUT2D eigenvalue weighted by atomic mass is 16.5. The van der Waals surface area contributed by atoms with E-state index in [1.54, 1.807) is 63.0 Å². The third-order valence-electron chi connectivity index (χ3n) is 3.64. The molecule has 2 heterocycles. The molecule has 0 aliphatic rings. The minimum Gasteiger partial charge on any atom is -0.496 e. The molecular formula is C22H24N2O4. The topological polar surface area (TPSA) is 70.5 Å². The third-order valence-corrected chi connectivity index (χ3v) is 3.64. The predicted molar refractivity (Wildman–Crippen MR) is 108 cm³/mol. The number of benzene rings is 1. The maximum Gasteiger partial charge on any atom is 0.338 e. The summed E-state index contributed by atoms with van der Waals surface area (Å²) in [4.78, 5) is 20.2. The summed E-state index contributed by atoms with van der Waals surface area (Å²) in [5.74, 6) is 1.29. The lowest BCUT2D eigenvalue weighted by Crippen LogP contribution is -2.04. The highest BCUT2D eigenvalue weighted by Crippen LogP contribution is 2.36. The monoisotopic (exact) mass is 380 g/mol. The molecule has 1 aromatic carbocycles. The lowest BCUT2D eigenvalue weighted by Gasteiger charge is -2.12. The van der Waals surface area contributed by atoms with Gasteiger partial charge in [-0.15, -0.1) is 0 Å². The van der Waals surface area contributed by atoms with Crippen LogP contribution in [0.2, 0.25) is 0 Å². The Labute approximate surface area is 165 Å². The van der Waals surface area contributed by atoms with Crippen LogP contribution in [0.4, 0.5) is 0 Å². The number of ether oxygens (including phenoxy) is 3. The Hall–Kier alpha value is -3.41. The third kappa shape index (κ3) is 5.07. The zero-order valence-electron chi connectivity index (χ0n) is 16.5. The van der Waals surface area contributed by atoms with Gasteiger partial charge < -0.3 is 14.2 Å². The molecule has 0 amide bonds. The van der Waals surface area contributed by atoms with Gasteiger partial charge >= 0.3 is 5.97 Å². The van der Waals surface area contributed by atoms with Gasteiger partial charge in [0.05, 0.1) is 19.3 Å². The van der Waals surface area contributed by atoms with Gasteiger partial charge in [0.2, 0.25) is 5.88 Å². The van der Waals surface area contributed by atoms with E-state index in [0.29, 0.717) is 29.5 Å². The molecule has 0 N–H and O–H groups in total. The lowest BCUT2D eigenvalue weighted by atomic mass is 10.1. The number of carbonyl (C=O) groups excluding carboxylic acids is 1. The SMILES string of the molecule is CC.CCOC(=O)c1ccc(Oc2ncccc2-c2cnccc2OC)cc1. The van der Waals surface area contributed by atoms with E-state index in [0.717, 1.165) is 11.1 Å². The Bertz CT molecular complexity index is 895. The normalized spacial score (nSPS) is 9.71. The van der Waals surface area contributed by atoms with Crippen LogP contribution >= 0.6 is 0 Å². The molecule has 6 heteroatoms. The molecular weight excluding hydrogens is 356 g/mol. The van der Waals surface area contributed by atoms with E-state index < -0.39 is 0 Å². The molecule has 0 fully saturated rings. The van der Waals surface area contributed by atoms with Crippen molar-refractivity contribution in [2.24, 2.45) is 0 Å². The number of hydrogen-bond acceptors (Lipinski definition) is 6. The quantitative estimate of drug-likeness (QED) is 0.551. The number of carbonyl (C=O) groups is 1. The van der Waals surface area contributed by atoms with E-state index in [2.05, 4.69) is 9.97 Å². The minimum atomic E-state index is -0.363. The molecule has 0 saturated heterocycles. The molecule has 0 radical (unpaired) electrons. The molecule has 146 valence electrons. The standard InChI is InChI=1S/C20H18N2O4.C2H6/c1-3-25-20(23)14-6-8-15(9-7-14)26-19-16(5-4-11-22-19)17-13-21-12-10-18(17)24-2;1-2/h4-13H,3H2,1-2H3;1-2H3. The van der Waals surface area contributed by atoms with Crippen LogP contribution in [0.25, 0.3) is 11.1 Å². The average molecular weight is 380 g/mol. The number of rotatable bonds is 6. The zero-order valence-corrected chi connectivity index (χ0v) is 16.5. The van der Waals surface area contributed by atoms with Crippen LogP contribution in [0.5, 0.6) is 17.4 Å². The van der Waals surface area contributed by atoms with Gasteiger partial charge in [-0.05, 0) is 49.4 Å². The van der Waals surface area contributed by atoms with E-state index >= 15 is 0 Å². The molecule has 0 bridgehead atoms. The number of aromatic nitrogens is 2. The molecule has 6 nitrogen and oxygen atoms in total. The van der Waals surface area contributed by atoms with Gasteiger partial charge in [-0.3, -0.25) is 4.98 Å². The van der Waals surface area contributed by atoms with Crippen LogP contribution in [0, 0.1) is 0 Å². The highest BCUT2D eigenvalue weighted by Gasteiger charge is 2.14. The van der Waals surface area contributed by atoms with Crippen molar-refractivity contribution < 1.29 is 19.0 Å². The van der Waals surface area contributed by atoms with Crippen molar-refractivity contribution in [1.82, 2.24) is 9.97 Å². The molecule has 3 aromatic rings. The predicted octanol–water partition coefficient (Wildman–Crippen LogP) is 5.15. The Morgan fingerprint density at radius 1 is 1.00 bits per heavy atom. The molecule has 0 atom stereocenters. The Balaban J connectivity index is 0.00000136. The van der Waals surface area contributed by atoms with Gasteiger partial charge in [0.1, 0.15) is 11.5 Å². The van der Waals surface area contributed by atoms with Crippen LogP contribution in [0.1, 0.15) is 31.1 Å². The Morgan fingerprint density at radius 3 is 2.43 bits per heavy atom. The number of hydrogen-bond donors (Lipinski definition) is 0. The van der Waals surface area contributed by atoms with Crippen LogP contribution in [0.15, 0.2) is 61.1 Å². The van der Waals surface area contributed by atoms with Crippen LogP contribution in [-0.4, -0.2) is 29.7 Å². The first-order valence-corrected chi connectivity index (χ1v) is 9.11. The molecule has 0 saturated carbocycles. The van der Waals surface area contributed by atoms with Crippen LogP contribution in [-0.2, 0) is 4.74 Å². The summed E-state index contributed by atoms with van der Waals surface area (Å²) in [6, 6.07) is 12.2. The number of methoxy groups -OCH3 is 1. The van der Waals surface area contributed by atoms with Gasteiger partial charge in [-0.1, -0.05) is 13.8 Å². The van der Waals surface area contributed by atoms with E-state index in [1.165, 1.54) is 0 Å². The number of esters is 1. The molecule has 3 rings (SSSR count). The summed E-state index contributed by atoms with van der Waals surface area (Å²) in [6.45, 7) is 6.10. The summed E-state index contributed by atoms with van der Waals surface area (Å²) < 4.78 is 16.3. The van der Waals surface area contributed by atoms with Crippen molar-refractivity contribution >= 4 is 5.97 Å². The van der Waals surface area contributed by atoms with E-state index in [9.17, 15) is 4.79 Å². The van der Waals surface area contributed by atoms with Gasteiger partial charge in [0, 0.05) is 29.7 Å². The maximum atomic E-state index is 11.7. The van der Waals surface area contributed by atoms with Crippen molar-refractivity contribution in [1.29, 1.82) is 0 Å². The molecule has 0 aliphatic carbocycles. The summed E-state index contributed by atoms with van der Waals surface area (Å²) in [5.41, 5.74) is 2.00. The maximum absolute atomic E-state index is 11.7. The number of nitrogens with zero attached hydrogens (tertiary/aromatic N) is 2. The van der Waals surface area contributed by atoms with Gasteiger partial charge in [0.15, 0.2) is 0 Å². The van der Waals surface area contributed by atoms with Crippen LogP contribution in [0.3, 0.4) is 0 Å². The second-order valence-corrected chi connectivity index (χ2v) is 5.28. The van der Waals surface area contributed by atoms with Gasteiger partial charge in [-0.25, -0.2) is 9.78 Å². The first-order valence-electron chi connectivity index (χ1n) is 9.11. The van der Waals surface area contributed by atoms with Gasteiger partial charge in [-0.2, -0.15) is 0 Å². The second-order valence-electron chi connectivity index (χ2n) is 5.28. The van der Waals surface area contributed by atoms with E-state index in [4.69, 9.17) is 14.2 Å². The second kappa shape index (κ2) is 10.7. The minimum absolute atomic E-state index is 0.335. The average Bonchev–Trinajstić information content (AvgIpc) is 2.76. The fourth-order valence-electron chi connectivity index (χ4n) is 2.42. The van der Waals surface area contributed by atoms with E-state index in [1.807, 2.05) is 26.0 Å². The molecule has 2 aromatic heterocycles. The van der Waals surface area contributed by atoms with Crippen molar-refractivity contribution in [3.05, 3.63) is 66.6 Å². The van der Waals surface area contributed by atoms with Gasteiger partial charge in [0.25, 0.3) is 0 Å². The Morgan fingerprint density at radius 2 is 1.75 bits per heavy atom. The molecule has 0 aliphatic heterocycles. The van der Waals surface area contributed by atoms with Crippen LogP contribution < -0.4 is 9.47 Å². The zero-order chi connectivity index (χ0) is 20.4. The molecule has 0 unspecified atom stereocenters. The highest BCUT2D eigenvalue weighted by molar-refractivity contribution is 5.89. The fraction of sp³-hybridized carbons (Fsp3) is 0.227. The Kier molecular flexibility index (Phi) is 7.96. The summed E-state index contributed by atoms with van der Waals surface area (Å²) in [7, 11) is 1.60. The fourth-order valence-corrected chi connectivity index (χ4v) is 2.42. The van der Waals surface area contributed by atoms with Crippen molar-refractivity contribution in [3.63, 3.8) is 0 Å². The lowest BCUT2D eigenvalue weighted by molar-refractivity contribution is 0.0526. The smallest absolute Gasteiger partial charge is 0.338 e. The van der Waals surface area contributed by atoms with E-state index in [-0.39, 0.29) is 5.97 Å². The molecule has 0 spiro atoms. The van der Waals surface area contributed by atoms with Crippen molar-refractivity contribution in [2.45, 2.75) is 20.8 Å². The van der Waals surface area contributed by atoms with Crippen molar-refractivity contribution in [2.75, 3.05) is 13.7 Å². The van der Waals surface area contributed by atoms with Crippen molar-refractivity contribution in [3.8, 4) is 28.5 Å².